The number of likely N-dealkylation sites (tertiary alicyclic amines) is 1. The van der Waals surface area contributed by atoms with Gasteiger partial charge in [0.1, 0.15) is 0 Å². The fourth-order valence-corrected chi connectivity index (χ4v) is 4.19. The van der Waals surface area contributed by atoms with Crippen LogP contribution in [0.15, 0.2) is 0 Å². The van der Waals surface area contributed by atoms with Gasteiger partial charge in [0, 0.05) is 19.0 Å². The molecule has 3 unspecified atom stereocenters. The monoisotopic (exact) mass is 264 g/mol. The highest BCUT2D eigenvalue weighted by Crippen LogP contribution is 2.50. The lowest BCUT2D eigenvalue weighted by atomic mass is 9.85. The van der Waals surface area contributed by atoms with Crippen LogP contribution in [0.2, 0.25) is 0 Å². The van der Waals surface area contributed by atoms with Gasteiger partial charge in [-0.3, -0.25) is 4.79 Å². The van der Waals surface area contributed by atoms with Crippen molar-refractivity contribution in [2.45, 2.75) is 51.9 Å². The minimum Gasteiger partial charge on any atom is -0.342 e. The van der Waals surface area contributed by atoms with Crippen LogP contribution in [0.25, 0.3) is 0 Å². The van der Waals surface area contributed by atoms with E-state index in [1.165, 1.54) is 38.5 Å². The lowest BCUT2D eigenvalue weighted by Crippen LogP contribution is -2.35. The molecule has 3 fully saturated rings. The third-order valence-corrected chi connectivity index (χ3v) is 5.77. The van der Waals surface area contributed by atoms with E-state index in [4.69, 9.17) is 5.73 Å². The molecule has 1 amide bonds. The van der Waals surface area contributed by atoms with Crippen molar-refractivity contribution in [1.29, 1.82) is 0 Å². The van der Waals surface area contributed by atoms with Crippen LogP contribution < -0.4 is 5.73 Å². The Hall–Kier alpha value is -0.570. The second kappa shape index (κ2) is 5.08. The third kappa shape index (κ3) is 2.67. The molecule has 0 aromatic rings. The van der Waals surface area contributed by atoms with Crippen LogP contribution in [-0.2, 0) is 4.79 Å². The zero-order valence-electron chi connectivity index (χ0n) is 12.2. The summed E-state index contributed by atoms with van der Waals surface area (Å²) in [5.74, 6) is 2.37. The average Bonchev–Trinajstić information content (AvgIpc) is 3.15. The quantitative estimate of drug-likeness (QED) is 0.851. The summed E-state index contributed by atoms with van der Waals surface area (Å²) < 4.78 is 0. The molecule has 0 bridgehead atoms. The van der Waals surface area contributed by atoms with Crippen LogP contribution in [0.4, 0.5) is 0 Å². The van der Waals surface area contributed by atoms with Crippen LogP contribution in [-0.4, -0.2) is 30.4 Å². The summed E-state index contributed by atoms with van der Waals surface area (Å²) in [6.45, 7) is 4.73. The topological polar surface area (TPSA) is 46.3 Å². The van der Waals surface area contributed by atoms with Crippen molar-refractivity contribution in [3.63, 3.8) is 0 Å². The lowest BCUT2D eigenvalue weighted by molar-refractivity contribution is -0.132. The Morgan fingerprint density at radius 1 is 1.32 bits per heavy atom. The number of rotatable bonds is 3. The first-order valence-electron chi connectivity index (χ1n) is 8.12. The first kappa shape index (κ1) is 13.4. The number of carbonyl (C=O) groups is 1. The van der Waals surface area contributed by atoms with Gasteiger partial charge in [0.15, 0.2) is 0 Å². The van der Waals surface area contributed by atoms with E-state index in [9.17, 15) is 4.79 Å². The van der Waals surface area contributed by atoms with Gasteiger partial charge in [0.25, 0.3) is 0 Å². The summed E-state index contributed by atoms with van der Waals surface area (Å²) in [5, 5.41) is 0. The normalized spacial score (nSPS) is 39.6. The highest BCUT2D eigenvalue weighted by Gasteiger charge is 2.50. The van der Waals surface area contributed by atoms with Crippen LogP contribution in [0.1, 0.15) is 51.9 Å². The van der Waals surface area contributed by atoms with Crippen LogP contribution in [0, 0.1) is 23.2 Å². The Balaban J connectivity index is 1.52. The Kier molecular flexibility index (Phi) is 3.59. The van der Waals surface area contributed by atoms with Gasteiger partial charge >= 0.3 is 0 Å². The molecule has 19 heavy (non-hydrogen) atoms. The fraction of sp³-hybridized carbons (Fsp3) is 0.938. The van der Waals surface area contributed by atoms with Crippen molar-refractivity contribution in [2.75, 3.05) is 19.6 Å². The fourth-order valence-electron chi connectivity index (χ4n) is 4.19. The number of nitrogens with two attached hydrogens (primary N) is 1. The molecule has 1 saturated heterocycles. The van der Waals surface area contributed by atoms with Crippen molar-refractivity contribution in [1.82, 2.24) is 4.90 Å². The molecule has 1 aliphatic heterocycles. The van der Waals surface area contributed by atoms with E-state index in [-0.39, 0.29) is 5.41 Å². The summed E-state index contributed by atoms with van der Waals surface area (Å²) in [5.41, 5.74) is 6.00. The first-order chi connectivity index (χ1) is 9.13. The molecule has 0 aromatic heterocycles. The number of hydrogen-bond donors (Lipinski definition) is 1. The molecule has 0 aromatic carbocycles. The van der Waals surface area contributed by atoms with Crippen molar-refractivity contribution >= 4 is 5.91 Å². The Labute approximate surface area is 116 Å². The third-order valence-electron chi connectivity index (χ3n) is 5.77. The van der Waals surface area contributed by atoms with Gasteiger partial charge in [-0.05, 0) is 36.6 Å². The molecule has 1 heterocycles. The van der Waals surface area contributed by atoms with Crippen LogP contribution in [0.3, 0.4) is 0 Å². The number of amides is 1. The van der Waals surface area contributed by atoms with Gasteiger partial charge in [-0.15, -0.1) is 0 Å². The summed E-state index contributed by atoms with van der Waals surface area (Å²) in [6.07, 6.45) is 9.16. The van der Waals surface area contributed by atoms with E-state index in [0.29, 0.717) is 18.4 Å². The van der Waals surface area contributed by atoms with E-state index in [1.54, 1.807) is 0 Å². The number of carbonyl (C=O) groups excluding carboxylic acids is 1. The molecule has 3 atom stereocenters. The van der Waals surface area contributed by atoms with Crippen molar-refractivity contribution in [3.8, 4) is 0 Å². The molecule has 0 spiro atoms. The smallest absolute Gasteiger partial charge is 0.226 e. The Morgan fingerprint density at radius 2 is 2.05 bits per heavy atom. The van der Waals surface area contributed by atoms with E-state index >= 15 is 0 Å². The SMILES string of the molecule is CC1(CN)CCN(C(=O)C2CC2C2CCCCC2)C1. The second-order valence-corrected chi connectivity index (χ2v) is 7.43. The van der Waals surface area contributed by atoms with E-state index in [2.05, 4.69) is 11.8 Å². The molecule has 2 saturated carbocycles. The molecule has 2 N–H and O–H groups in total. The molecule has 3 heteroatoms. The van der Waals surface area contributed by atoms with Gasteiger partial charge in [-0.1, -0.05) is 39.0 Å². The average molecular weight is 264 g/mol. The highest BCUT2D eigenvalue weighted by atomic mass is 16.2. The predicted octanol–water partition coefficient (Wildman–Crippen LogP) is 2.40. The van der Waals surface area contributed by atoms with Gasteiger partial charge in [-0.25, -0.2) is 0 Å². The van der Waals surface area contributed by atoms with Gasteiger partial charge in [-0.2, -0.15) is 0 Å². The molecule has 2 aliphatic carbocycles. The second-order valence-electron chi connectivity index (χ2n) is 7.43. The number of hydrogen-bond acceptors (Lipinski definition) is 2. The maximum Gasteiger partial charge on any atom is 0.226 e. The van der Waals surface area contributed by atoms with Crippen molar-refractivity contribution in [3.05, 3.63) is 0 Å². The summed E-state index contributed by atoms with van der Waals surface area (Å²) in [6, 6.07) is 0. The molecule has 0 radical (unpaired) electrons. The molecular formula is C16H28N2O. The zero-order chi connectivity index (χ0) is 13.5. The van der Waals surface area contributed by atoms with Gasteiger partial charge < -0.3 is 10.6 Å². The molecule has 3 nitrogen and oxygen atoms in total. The van der Waals surface area contributed by atoms with Crippen molar-refractivity contribution in [2.24, 2.45) is 28.9 Å². The van der Waals surface area contributed by atoms with E-state index in [0.717, 1.165) is 31.3 Å². The molecule has 3 aliphatic rings. The molecule has 3 rings (SSSR count). The van der Waals surface area contributed by atoms with Crippen molar-refractivity contribution < 1.29 is 4.79 Å². The maximum atomic E-state index is 12.5. The van der Waals surface area contributed by atoms with E-state index < -0.39 is 0 Å². The van der Waals surface area contributed by atoms with Gasteiger partial charge in [0.2, 0.25) is 5.91 Å². The number of nitrogens with zero attached hydrogens (tertiary/aromatic N) is 1. The van der Waals surface area contributed by atoms with E-state index in [1.807, 2.05) is 0 Å². The standard InChI is InChI=1S/C16H28N2O/c1-16(10-17)7-8-18(11-16)15(19)14-9-13(14)12-5-3-2-4-6-12/h12-14H,2-11,17H2,1H3. The lowest BCUT2D eigenvalue weighted by Gasteiger charge is -2.24. The minimum atomic E-state index is 0.172. The van der Waals surface area contributed by atoms with Gasteiger partial charge in [0.05, 0.1) is 0 Å². The summed E-state index contributed by atoms with van der Waals surface area (Å²) in [7, 11) is 0. The largest absolute Gasteiger partial charge is 0.342 e. The summed E-state index contributed by atoms with van der Waals surface area (Å²) >= 11 is 0. The Morgan fingerprint density at radius 3 is 2.68 bits per heavy atom. The molecule has 108 valence electrons. The summed E-state index contributed by atoms with van der Waals surface area (Å²) in [4.78, 5) is 14.6. The predicted molar refractivity (Wildman–Crippen MR) is 76.5 cm³/mol. The van der Waals surface area contributed by atoms with Crippen LogP contribution in [0.5, 0.6) is 0 Å². The Bertz CT molecular complexity index is 351. The van der Waals surface area contributed by atoms with Crippen LogP contribution >= 0.6 is 0 Å². The zero-order valence-corrected chi connectivity index (χ0v) is 12.2. The maximum absolute atomic E-state index is 12.5. The first-order valence-corrected chi connectivity index (χ1v) is 8.12. The minimum absolute atomic E-state index is 0.172. The highest BCUT2D eigenvalue weighted by molar-refractivity contribution is 5.82. The molecular weight excluding hydrogens is 236 g/mol.